The highest BCUT2D eigenvalue weighted by molar-refractivity contribution is 7.89. The molecule has 1 aromatic carbocycles. The van der Waals surface area contributed by atoms with E-state index in [1.54, 1.807) is 4.90 Å². The molecule has 0 spiro atoms. The number of sulfonamides is 1. The second kappa shape index (κ2) is 8.28. The van der Waals surface area contributed by atoms with Crippen LogP contribution in [-0.4, -0.2) is 50.8 Å². The highest BCUT2D eigenvalue weighted by atomic mass is 32.2. The standard InChI is InChI=1S/C15H23N3O4S/c16-8-10-23(20,21)17-14-7-4-9-18(11-14)15(19)22-12-13-5-2-1-3-6-13/h1-3,5-6,14,17H,4,7-12,16H2/t14-/m0/s1. The van der Waals surface area contributed by atoms with Crippen LogP contribution >= 0.6 is 0 Å². The summed E-state index contributed by atoms with van der Waals surface area (Å²) < 4.78 is 31.4. The lowest BCUT2D eigenvalue weighted by Gasteiger charge is -2.32. The van der Waals surface area contributed by atoms with E-state index in [0.717, 1.165) is 12.0 Å². The van der Waals surface area contributed by atoms with Gasteiger partial charge in [-0.1, -0.05) is 30.3 Å². The molecule has 3 N–H and O–H groups in total. The summed E-state index contributed by atoms with van der Waals surface area (Å²) in [6.07, 6.45) is 1.01. The molecule has 8 heteroatoms. The van der Waals surface area contributed by atoms with Crippen LogP contribution in [0.2, 0.25) is 0 Å². The number of carbonyl (C=O) groups is 1. The molecule has 23 heavy (non-hydrogen) atoms. The first-order valence-corrected chi connectivity index (χ1v) is 9.31. The van der Waals surface area contributed by atoms with Crippen molar-refractivity contribution in [1.82, 2.24) is 9.62 Å². The zero-order valence-electron chi connectivity index (χ0n) is 13.0. The van der Waals surface area contributed by atoms with Crippen LogP contribution in [0.1, 0.15) is 18.4 Å². The van der Waals surface area contributed by atoms with Gasteiger partial charge in [0.05, 0.1) is 5.75 Å². The second-order valence-electron chi connectivity index (χ2n) is 5.55. The van der Waals surface area contributed by atoms with Crippen LogP contribution in [0.4, 0.5) is 4.79 Å². The van der Waals surface area contributed by atoms with E-state index < -0.39 is 16.1 Å². The summed E-state index contributed by atoms with van der Waals surface area (Å²) in [4.78, 5) is 13.7. The molecule has 0 aromatic heterocycles. The van der Waals surface area contributed by atoms with Gasteiger partial charge in [0.15, 0.2) is 0 Å². The zero-order chi connectivity index (χ0) is 16.7. The predicted octanol–water partition coefficient (Wildman–Crippen LogP) is 0.666. The number of benzene rings is 1. The number of hydrogen-bond donors (Lipinski definition) is 2. The molecule has 0 radical (unpaired) electrons. The number of carbonyl (C=O) groups excluding carboxylic acids is 1. The molecule has 1 aromatic rings. The molecule has 1 aliphatic heterocycles. The first kappa shape index (κ1) is 17.7. The minimum absolute atomic E-state index is 0.0743. The minimum Gasteiger partial charge on any atom is -0.445 e. The number of amides is 1. The van der Waals surface area contributed by atoms with Gasteiger partial charge < -0.3 is 15.4 Å². The van der Waals surface area contributed by atoms with Crippen LogP contribution in [0.15, 0.2) is 30.3 Å². The SMILES string of the molecule is NCCS(=O)(=O)N[C@H]1CCCN(C(=O)OCc2ccccc2)C1. The van der Waals surface area contributed by atoms with Gasteiger partial charge in [-0.15, -0.1) is 0 Å². The largest absolute Gasteiger partial charge is 0.445 e. The number of nitrogens with one attached hydrogen (secondary N) is 1. The Balaban J connectivity index is 1.84. The fraction of sp³-hybridized carbons (Fsp3) is 0.533. The lowest BCUT2D eigenvalue weighted by molar-refractivity contribution is 0.0850. The maximum absolute atomic E-state index is 12.1. The molecule has 1 atom stereocenters. The smallest absolute Gasteiger partial charge is 0.410 e. The van der Waals surface area contributed by atoms with Crippen molar-refractivity contribution in [3.8, 4) is 0 Å². The van der Waals surface area contributed by atoms with E-state index in [-0.39, 0.29) is 24.9 Å². The van der Waals surface area contributed by atoms with Gasteiger partial charge in [-0.25, -0.2) is 17.9 Å². The summed E-state index contributed by atoms with van der Waals surface area (Å²) in [7, 11) is -3.39. The van der Waals surface area contributed by atoms with Crippen LogP contribution in [0.5, 0.6) is 0 Å². The number of ether oxygens (including phenoxy) is 1. The molecule has 1 saturated heterocycles. The van der Waals surface area contributed by atoms with Crippen LogP contribution in [0.3, 0.4) is 0 Å². The van der Waals surface area contributed by atoms with Crippen LogP contribution in [0, 0.1) is 0 Å². The number of likely N-dealkylation sites (tertiary alicyclic amines) is 1. The summed E-state index contributed by atoms with van der Waals surface area (Å²) in [5.41, 5.74) is 6.20. The van der Waals surface area contributed by atoms with E-state index in [2.05, 4.69) is 4.72 Å². The number of nitrogens with two attached hydrogens (primary N) is 1. The Labute approximate surface area is 136 Å². The minimum atomic E-state index is -3.39. The molecule has 7 nitrogen and oxygen atoms in total. The van der Waals surface area contributed by atoms with Gasteiger partial charge in [0, 0.05) is 25.7 Å². The van der Waals surface area contributed by atoms with Crippen LogP contribution < -0.4 is 10.5 Å². The van der Waals surface area contributed by atoms with E-state index in [1.807, 2.05) is 30.3 Å². The number of piperidine rings is 1. The summed E-state index contributed by atoms with van der Waals surface area (Å²) >= 11 is 0. The van der Waals surface area contributed by atoms with Crippen molar-refractivity contribution in [3.05, 3.63) is 35.9 Å². The average molecular weight is 341 g/mol. The van der Waals surface area contributed by atoms with Crippen LogP contribution in [-0.2, 0) is 21.4 Å². The van der Waals surface area contributed by atoms with E-state index in [4.69, 9.17) is 10.5 Å². The third-order valence-corrected chi connectivity index (χ3v) is 5.08. The lowest BCUT2D eigenvalue weighted by Crippen LogP contribution is -2.50. The molecule has 1 heterocycles. The van der Waals surface area contributed by atoms with Crippen molar-refractivity contribution in [2.75, 3.05) is 25.4 Å². The molecule has 1 aliphatic rings. The zero-order valence-corrected chi connectivity index (χ0v) is 13.8. The molecule has 0 saturated carbocycles. The quantitative estimate of drug-likeness (QED) is 0.792. The number of nitrogens with zero attached hydrogens (tertiary/aromatic N) is 1. The fourth-order valence-corrected chi connectivity index (χ4v) is 3.65. The topological polar surface area (TPSA) is 102 Å². The maximum atomic E-state index is 12.1. The van der Waals surface area contributed by atoms with Crippen molar-refractivity contribution >= 4 is 16.1 Å². The lowest BCUT2D eigenvalue weighted by atomic mass is 10.1. The maximum Gasteiger partial charge on any atom is 0.410 e. The van der Waals surface area contributed by atoms with E-state index in [0.29, 0.717) is 19.5 Å². The third-order valence-electron chi connectivity index (χ3n) is 3.62. The molecule has 2 rings (SSSR count). The second-order valence-corrected chi connectivity index (χ2v) is 7.42. The van der Waals surface area contributed by atoms with E-state index in [1.165, 1.54) is 0 Å². The Morgan fingerprint density at radius 2 is 2.09 bits per heavy atom. The van der Waals surface area contributed by atoms with Gasteiger partial charge in [-0.05, 0) is 18.4 Å². The molecule has 1 fully saturated rings. The van der Waals surface area contributed by atoms with Crippen LogP contribution in [0.25, 0.3) is 0 Å². The van der Waals surface area contributed by atoms with Crippen molar-refractivity contribution in [3.63, 3.8) is 0 Å². The Bertz CT molecular complexity index is 606. The molecule has 0 aliphatic carbocycles. The van der Waals surface area contributed by atoms with E-state index in [9.17, 15) is 13.2 Å². The van der Waals surface area contributed by atoms with Gasteiger partial charge in [0.1, 0.15) is 6.61 Å². The first-order valence-electron chi connectivity index (χ1n) is 7.66. The summed E-state index contributed by atoms with van der Waals surface area (Å²) in [6.45, 7) is 1.17. The fourth-order valence-electron chi connectivity index (χ4n) is 2.52. The predicted molar refractivity (Wildman–Crippen MR) is 87.2 cm³/mol. The highest BCUT2D eigenvalue weighted by Gasteiger charge is 2.27. The molecular weight excluding hydrogens is 318 g/mol. The third kappa shape index (κ3) is 5.81. The van der Waals surface area contributed by atoms with Gasteiger partial charge >= 0.3 is 6.09 Å². The van der Waals surface area contributed by atoms with Gasteiger partial charge in [0.2, 0.25) is 10.0 Å². The Hall–Kier alpha value is -1.64. The normalized spacial score (nSPS) is 18.7. The Morgan fingerprint density at radius 3 is 2.78 bits per heavy atom. The summed E-state index contributed by atoms with van der Waals surface area (Å²) in [5.74, 6) is -0.109. The van der Waals surface area contributed by atoms with E-state index >= 15 is 0 Å². The molecular formula is C15H23N3O4S. The summed E-state index contributed by atoms with van der Waals surface area (Å²) in [6, 6.07) is 9.14. The first-order chi connectivity index (χ1) is 11.0. The molecule has 0 unspecified atom stereocenters. The number of hydrogen-bond acceptors (Lipinski definition) is 5. The van der Waals surface area contributed by atoms with Crippen molar-refractivity contribution in [2.45, 2.75) is 25.5 Å². The highest BCUT2D eigenvalue weighted by Crippen LogP contribution is 2.13. The number of rotatable bonds is 6. The molecule has 0 bridgehead atoms. The van der Waals surface area contributed by atoms with Gasteiger partial charge in [0.25, 0.3) is 0 Å². The van der Waals surface area contributed by atoms with Crippen molar-refractivity contribution in [2.24, 2.45) is 5.73 Å². The van der Waals surface area contributed by atoms with Gasteiger partial charge in [-0.3, -0.25) is 0 Å². The van der Waals surface area contributed by atoms with Crippen molar-refractivity contribution in [1.29, 1.82) is 0 Å². The average Bonchev–Trinajstić information content (AvgIpc) is 2.53. The molecule has 1 amide bonds. The summed E-state index contributed by atoms with van der Waals surface area (Å²) in [5, 5.41) is 0. The van der Waals surface area contributed by atoms with Gasteiger partial charge in [-0.2, -0.15) is 0 Å². The Kier molecular flexibility index (Phi) is 6.37. The Morgan fingerprint density at radius 1 is 1.35 bits per heavy atom. The molecule has 128 valence electrons. The monoisotopic (exact) mass is 341 g/mol. The van der Waals surface area contributed by atoms with Crippen molar-refractivity contribution < 1.29 is 17.9 Å².